The van der Waals surface area contributed by atoms with E-state index in [1.54, 1.807) is 14.0 Å². The molecule has 0 N–H and O–H groups in total. The van der Waals surface area contributed by atoms with E-state index >= 15 is 0 Å². The number of ether oxygens (including phenoxy) is 2. The Labute approximate surface area is 142 Å². The Hall–Kier alpha value is -1.82. The number of halogens is 1. The van der Waals surface area contributed by atoms with Crippen molar-refractivity contribution < 1.29 is 18.8 Å². The molecule has 1 heterocycles. The highest BCUT2D eigenvalue weighted by Crippen LogP contribution is 2.60. The van der Waals surface area contributed by atoms with Crippen molar-refractivity contribution in [1.29, 1.82) is 0 Å². The van der Waals surface area contributed by atoms with Gasteiger partial charge in [-0.1, -0.05) is 21.1 Å². The highest BCUT2D eigenvalue weighted by molar-refractivity contribution is 9.10. The van der Waals surface area contributed by atoms with Crippen LogP contribution < -0.4 is 4.74 Å². The molecule has 0 amide bonds. The summed E-state index contributed by atoms with van der Waals surface area (Å²) < 4.78 is 17.0. The van der Waals surface area contributed by atoms with E-state index in [-0.39, 0.29) is 5.41 Å². The molecule has 1 spiro atoms. The first kappa shape index (κ1) is 14.8. The van der Waals surface area contributed by atoms with Crippen molar-refractivity contribution in [3.63, 3.8) is 0 Å². The van der Waals surface area contributed by atoms with Crippen LogP contribution in [0.1, 0.15) is 41.4 Å². The molecule has 0 saturated heterocycles. The van der Waals surface area contributed by atoms with E-state index in [4.69, 9.17) is 14.0 Å². The summed E-state index contributed by atoms with van der Waals surface area (Å²) in [4.78, 5) is 12.1. The summed E-state index contributed by atoms with van der Waals surface area (Å²) in [5.41, 5.74) is 3.42. The third-order valence-corrected chi connectivity index (χ3v) is 5.33. The number of carbonyl (C=O) groups excluding carboxylic acids is 1. The molecule has 0 unspecified atom stereocenters. The second kappa shape index (κ2) is 5.09. The number of fused-ring (bicyclic) bond motifs is 4. The maximum absolute atomic E-state index is 12.1. The van der Waals surface area contributed by atoms with Crippen LogP contribution >= 0.6 is 15.9 Å². The summed E-state index contributed by atoms with van der Waals surface area (Å²) in [6.45, 7) is 2.10. The van der Waals surface area contributed by atoms with Crippen molar-refractivity contribution in [3.8, 4) is 17.1 Å². The van der Waals surface area contributed by atoms with Gasteiger partial charge >= 0.3 is 5.97 Å². The molecule has 2 aromatic rings. The van der Waals surface area contributed by atoms with Crippen LogP contribution in [0.4, 0.5) is 0 Å². The van der Waals surface area contributed by atoms with Gasteiger partial charge in [-0.25, -0.2) is 4.79 Å². The number of esters is 1. The van der Waals surface area contributed by atoms with Crippen LogP contribution in [0.2, 0.25) is 0 Å². The summed E-state index contributed by atoms with van der Waals surface area (Å²) >= 11 is 3.67. The summed E-state index contributed by atoms with van der Waals surface area (Å²) in [6, 6.07) is 3.94. The number of hydrogen-bond donors (Lipinski definition) is 0. The van der Waals surface area contributed by atoms with Gasteiger partial charge in [-0.15, -0.1) is 0 Å². The number of benzene rings is 1. The molecule has 6 heteroatoms. The van der Waals surface area contributed by atoms with Crippen molar-refractivity contribution in [2.24, 2.45) is 0 Å². The Morgan fingerprint density at radius 3 is 2.87 bits per heavy atom. The first-order valence-electron chi connectivity index (χ1n) is 7.63. The largest absolute Gasteiger partial charge is 0.497 e. The lowest BCUT2D eigenvalue weighted by Gasteiger charge is -2.26. The van der Waals surface area contributed by atoms with E-state index < -0.39 is 5.97 Å². The lowest BCUT2D eigenvalue weighted by molar-refractivity contribution is 0.0513. The number of rotatable bonds is 3. The van der Waals surface area contributed by atoms with E-state index in [2.05, 4.69) is 21.1 Å². The van der Waals surface area contributed by atoms with Gasteiger partial charge in [-0.05, 0) is 43.9 Å². The van der Waals surface area contributed by atoms with E-state index in [1.165, 1.54) is 5.56 Å². The van der Waals surface area contributed by atoms with E-state index in [0.29, 0.717) is 18.1 Å². The Morgan fingerprint density at radius 2 is 2.22 bits per heavy atom. The van der Waals surface area contributed by atoms with Crippen molar-refractivity contribution in [2.45, 2.75) is 31.6 Å². The molecule has 1 saturated carbocycles. The molecule has 1 aromatic heterocycles. The second-order valence-corrected chi connectivity index (χ2v) is 6.90. The van der Waals surface area contributed by atoms with Gasteiger partial charge in [0, 0.05) is 21.0 Å². The van der Waals surface area contributed by atoms with E-state index in [0.717, 1.165) is 40.6 Å². The molecule has 2 aliphatic rings. The quantitative estimate of drug-likeness (QED) is 0.759. The first-order chi connectivity index (χ1) is 11.1. The molecule has 1 aromatic carbocycles. The standard InChI is InChI=1S/C17H16BrNO4/c1-3-22-16(20)14-11-8-17(4-5-17)13-10(15(11)23-19-14)6-9(21-2)7-12(13)18/h6-7H,3-5,8H2,1-2H3. The Bertz CT molecular complexity index is 807. The van der Waals surface area contributed by atoms with E-state index in [1.807, 2.05) is 12.1 Å². The molecule has 1 fully saturated rings. The fourth-order valence-electron chi connectivity index (χ4n) is 3.47. The van der Waals surface area contributed by atoms with Gasteiger partial charge in [0.2, 0.25) is 0 Å². The molecule has 2 aliphatic carbocycles. The fraction of sp³-hybridized carbons (Fsp3) is 0.412. The van der Waals surface area contributed by atoms with Crippen LogP contribution in [0, 0.1) is 0 Å². The van der Waals surface area contributed by atoms with Crippen LogP contribution in [-0.4, -0.2) is 24.8 Å². The minimum Gasteiger partial charge on any atom is -0.497 e. The topological polar surface area (TPSA) is 61.6 Å². The van der Waals surface area contributed by atoms with Gasteiger partial charge in [-0.2, -0.15) is 0 Å². The van der Waals surface area contributed by atoms with Crippen LogP contribution in [0.15, 0.2) is 21.1 Å². The summed E-state index contributed by atoms with van der Waals surface area (Å²) in [5, 5.41) is 3.99. The number of carbonyl (C=O) groups is 1. The minimum atomic E-state index is -0.418. The number of nitrogens with zero attached hydrogens (tertiary/aromatic N) is 1. The number of aromatic nitrogens is 1. The fourth-order valence-corrected chi connectivity index (χ4v) is 4.33. The maximum atomic E-state index is 12.1. The SMILES string of the molecule is CCOC(=O)c1noc2c1CC1(CC1)c1c(Br)cc(OC)cc1-2. The molecular weight excluding hydrogens is 362 g/mol. The van der Waals surface area contributed by atoms with Gasteiger partial charge in [0.15, 0.2) is 11.5 Å². The molecular formula is C17H16BrNO4. The lowest BCUT2D eigenvalue weighted by atomic mass is 9.78. The zero-order valence-corrected chi connectivity index (χ0v) is 14.5. The third-order valence-electron chi connectivity index (χ3n) is 4.70. The Balaban J connectivity index is 1.92. The monoisotopic (exact) mass is 377 g/mol. The first-order valence-corrected chi connectivity index (χ1v) is 8.43. The lowest BCUT2D eigenvalue weighted by Crippen LogP contribution is -2.20. The number of methoxy groups -OCH3 is 1. The van der Waals surface area contributed by atoms with Gasteiger partial charge in [-0.3, -0.25) is 0 Å². The average molecular weight is 378 g/mol. The molecule has 0 aliphatic heterocycles. The molecule has 5 nitrogen and oxygen atoms in total. The van der Waals surface area contributed by atoms with Gasteiger partial charge in [0.05, 0.1) is 13.7 Å². The maximum Gasteiger partial charge on any atom is 0.360 e. The molecule has 0 bridgehead atoms. The van der Waals surface area contributed by atoms with Gasteiger partial charge in [0.1, 0.15) is 5.75 Å². The molecule has 0 radical (unpaired) electrons. The van der Waals surface area contributed by atoms with Crippen molar-refractivity contribution >= 4 is 21.9 Å². The molecule has 23 heavy (non-hydrogen) atoms. The Kier molecular flexibility index (Phi) is 3.27. The third kappa shape index (κ3) is 2.11. The van der Waals surface area contributed by atoms with Crippen molar-refractivity contribution in [3.05, 3.63) is 33.4 Å². The molecule has 4 rings (SSSR count). The highest BCUT2D eigenvalue weighted by Gasteiger charge is 2.52. The predicted molar refractivity (Wildman–Crippen MR) is 86.8 cm³/mol. The Morgan fingerprint density at radius 1 is 1.43 bits per heavy atom. The smallest absolute Gasteiger partial charge is 0.360 e. The average Bonchev–Trinajstić information content (AvgIpc) is 3.15. The van der Waals surface area contributed by atoms with Crippen LogP contribution in [0.25, 0.3) is 11.3 Å². The van der Waals surface area contributed by atoms with Crippen molar-refractivity contribution in [1.82, 2.24) is 5.16 Å². The predicted octanol–water partition coefficient (Wildman–Crippen LogP) is 3.88. The minimum absolute atomic E-state index is 0.0697. The summed E-state index contributed by atoms with van der Waals surface area (Å²) in [5.74, 6) is 0.979. The zero-order valence-electron chi connectivity index (χ0n) is 12.9. The zero-order chi connectivity index (χ0) is 16.2. The van der Waals surface area contributed by atoms with Gasteiger partial charge in [0.25, 0.3) is 0 Å². The van der Waals surface area contributed by atoms with Gasteiger partial charge < -0.3 is 14.0 Å². The number of hydrogen-bond acceptors (Lipinski definition) is 5. The normalized spacial score (nSPS) is 16.7. The van der Waals surface area contributed by atoms with Crippen LogP contribution in [0.5, 0.6) is 5.75 Å². The van der Waals surface area contributed by atoms with Crippen LogP contribution in [-0.2, 0) is 16.6 Å². The summed E-state index contributed by atoms with van der Waals surface area (Å²) in [6.07, 6.45) is 2.95. The van der Waals surface area contributed by atoms with E-state index in [9.17, 15) is 4.79 Å². The molecule has 120 valence electrons. The van der Waals surface area contributed by atoms with Crippen LogP contribution in [0.3, 0.4) is 0 Å². The molecule has 0 atom stereocenters. The highest BCUT2D eigenvalue weighted by atomic mass is 79.9. The second-order valence-electron chi connectivity index (χ2n) is 6.05. The van der Waals surface area contributed by atoms with Crippen molar-refractivity contribution in [2.75, 3.05) is 13.7 Å². The summed E-state index contributed by atoms with van der Waals surface area (Å²) in [7, 11) is 1.63.